The van der Waals surface area contributed by atoms with Gasteiger partial charge in [0.25, 0.3) is 0 Å². The maximum atomic E-state index is 13.4. The Morgan fingerprint density at radius 3 is 2.86 bits per heavy atom. The van der Waals surface area contributed by atoms with Crippen LogP contribution >= 0.6 is 11.3 Å². The molecule has 4 rings (SSSR count). The van der Waals surface area contributed by atoms with Crippen molar-refractivity contribution < 1.29 is 23.1 Å². The molecule has 2 heterocycles. The average Bonchev–Trinajstić information content (AvgIpc) is 3.26. The summed E-state index contributed by atoms with van der Waals surface area (Å²) < 4.78 is 24.9. The van der Waals surface area contributed by atoms with Gasteiger partial charge in [0, 0.05) is 10.9 Å². The zero-order valence-electron chi connectivity index (χ0n) is 15.7. The van der Waals surface area contributed by atoms with Gasteiger partial charge >= 0.3 is 5.97 Å². The summed E-state index contributed by atoms with van der Waals surface area (Å²) in [5.74, 6) is -0.825. The van der Waals surface area contributed by atoms with Gasteiger partial charge in [-0.3, -0.25) is 4.79 Å². The average molecular weight is 412 g/mol. The first-order valence-corrected chi connectivity index (χ1v) is 9.81. The van der Waals surface area contributed by atoms with Crippen LogP contribution < -0.4 is 5.32 Å². The van der Waals surface area contributed by atoms with E-state index in [2.05, 4.69) is 10.3 Å². The van der Waals surface area contributed by atoms with E-state index in [4.69, 9.17) is 9.15 Å². The molecule has 0 spiro atoms. The summed E-state index contributed by atoms with van der Waals surface area (Å²) in [7, 11) is 0. The Kier molecular flexibility index (Phi) is 5.02. The number of anilines is 1. The highest BCUT2D eigenvalue weighted by Gasteiger charge is 2.18. The molecular formula is C21H17FN2O4S. The number of fused-ring (bicyclic) bond motifs is 2. The number of hydrogen-bond donors (Lipinski definition) is 1. The molecule has 0 atom stereocenters. The Morgan fingerprint density at radius 1 is 1.24 bits per heavy atom. The molecule has 148 valence electrons. The minimum Gasteiger partial charge on any atom is -0.462 e. The zero-order chi connectivity index (χ0) is 20.5. The van der Waals surface area contributed by atoms with E-state index >= 15 is 0 Å². The number of ketones is 1. The Hall–Kier alpha value is -3.26. The summed E-state index contributed by atoms with van der Waals surface area (Å²) >= 11 is 1.33. The van der Waals surface area contributed by atoms with Crippen molar-refractivity contribution in [2.75, 3.05) is 18.5 Å². The summed E-state index contributed by atoms with van der Waals surface area (Å²) in [6, 6.07) is 9.28. The Labute approximate surface area is 169 Å². The van der Waals surface area contributed by atoms with Gasteiger partial charge in [-0.25, -0.2) is 14.2 Å². The number of furan rings is 1. The van der Waals surface area contributed by atoms with Crippen molar-refractivity contribution in [2.24, 2.45) is 0 Å². The lowest BCUT2D eigenvalue weighted by atomic mass is 10.1. The maximum Gasteiger partial charge on any atom is 0.338 e. The quantitative estimate of drug-likeness (QED) is 0.356. The van der Waals surface area contributed by atoms with Gasteiger partial charge < -0.3 is 14.5 Å². The molecule has 0 saturated heterocycles. The number of carbonyl (C=O) groups is 2. The van der Waals surface area contributed by atoms with Crippen molar-refractivity contribution in [2.45, 2.75) is 13.8 Å². The topological polar surface area (TPSA) is 81.4 Å². The van der Waals surface area contributed by atoms with Crippen molar-refractivity contribution in [3.05, 3.63) is 59.1 Å². The van der Waals surface area contributed by atoms with Crippen molar-refractivity contribution in [1.82, 2.24) is 4.98 Å². The van der Waals surface area contributed by atoms with Gasteiger partial charge in [0.05, 0.1) is 28.9 Å². The summed E-state index contributed by atoms with van der Waals surface area (Å²) in [4.78, 5) is 28.9. The van der Waals surface area contributed by atoms with Gasteiger partial charge in [-0.1, -0.05) is 11.3 Å². The van der Waals surface area contributed by atoms with Gasteiger partial charge in [-0.2, -0.15) is 0 Å². The van der Waals surface area contributed by atoms with Crippen molar-refractivity contribution in [3.63, 3.8) is 0 Å². The number of ether oxygens (including phenoxy) is 1. The van der Waals surface area contributed by atoms with Crippen LogP contribution in [0.1, 0.15) is 33.4 Å². The first kappa shape index (κ1) is 19.1. The van der Waals surface area contributed by atoms with E-state index in [0.717, 1.165) is 4.70 Å². The molecule has 0 aliphatic rings. The molecule has 0 bridgehead atoms. The molecule has 6 nitrogen and oxygen atoms in total. The number of nitrogens with one attached hydrogen (secondary N) is 1. The minimum absolute atomic E-state index is 0.0201. The summed E-state index contributed by atoms with van der Waals surface area (Å²) in [6.45, 7) is 3.77. The smallest absolute Gasteiger partial charge is 0.338 e. The first-order chi connectivity index (χ1) is 14.0. The molecule has 0 aliphatic heterocycles. The minimum atomic E-state index is -0.385. The molecule has 0 fully saturated rings. The second-order valence-corrected chi connectivity index (χ2v) is 7.43. The van der Waals surface area contributed by atoms with Crippen LogP contribution in [0.4, 0.5) is 9.52 Å². The molecule has 1 N–H and O–H groups in total. The number of nitrogens with zero attached hydrogens (tertiary/aromatic N) is 1. The third kappa shape index (κ3) is 3.71. The van der Waals surface area contributed by atoms with Crippen molar-refractivity contribution in [3.8, 4) is 0 Å². The summed E-state index contributed by atoms with van der Waals surface area (Å²) in [6.07, 6.45) is 0. The monoisotopic (exact) mass is 412 g/mol. The molecule has 0 saturated carbocycles. The van der Waals surface area contributed by atoms with Crippen LogP contribution in [-0.2, 0) is 4.74 Å². The number of carbonyl (C=O) groups excluding carboxylic acids is 2. The zero-order valence-corrected chi connectivity index (χ0v) is 16.6. The van der Waals surface area contributed by atoms with E-state index in [1.165, 1.54) is 29.5 Å². The van der Waals surface area contributed by atoms with E-state index in [1.54, 1.807) is 32.0 Å². The second-order valence-electron chi connectivity index (χ2n) is 6.40. The number of esters is 1. The summed E-state index contributed by atoms with van der Waals surface area (Å²) in [5, 5.41) is 4.13. The third-order valence-corrected chi connectivity index (χ3v) is 5.43. The van der Waals surface area contributed by atoms with Crippen LogP contribution in [0, 0.1) is 12.7 Å². The molecule has 0 amide bonds. The number of Topliss-reactive ketones (excluding diaryl/α,β-unsaturated/α-hetero) is 1. The number of halogens is 1. The van der Waals surface area contributed by atoms with E-state index in [9.17, 15) is 14.0 Å². The lowest BCUT2D eigenvalue weighted by molar-refractivity contribution is 0.0526. The fourth-order valence-corrected chi connectivity index (χ4v) is 3.94. The number of hydrogen-bond acceptors (Lipinski definition) is 7. The second kappa shape index (κ2) is 7.63. The highest BCUT2D eigenvalue weighted by atomic mass is 32.1. The Balaban J connectivity index is 1.51. The van der Waals surface area contributed by atoms with Crippen LogP contribution in [0.5, 0.6) is 0 Å². The molecule has 29 heavy (non-hydrogen) atoms. The predicted molar refractivity (Wildman–Crippen MR) is 109 cm³/mol. The van der Waals surface area contributed by atoms with Gasteiger partial charge in [-0.05, 0) is 50.2 Å². The van der Waals surface area contributed by atoms with E-state index in [0.29, 0.717) is 39.4 Å². The highest BCUT2D eigenvalue weighted by Crippen LogP contribution is 2.28. The molecule has 0 radical (unpaired) electrons. The molecule has 8 heteroatoms. The molecule has 0 aliphatic carbocycles. The van der Waals surface area contributed by atoms with Crippen LogP contribution in [0.15, 0.2) is 40.8 Å². The number of benzene rings is 2. The fourth-order valence-electron chi connectivity index (χ4n) is 3.04. The number of thiazole rings is 1. The molecule has 2 aromatic heterocycles. The molecule has 0 unspecified atom stereocenters. The van der Waals surface area contributed by atoms with Crippen molar-refractivity contribution >= 4 is 49.4 Å². The number of rotatable bonds is 6. The highest BCUT2D eigenvalue weighted by molar-refractivity contribution is 7.22. The largest absolute Gasteiger partial charge is 0.462 e. The van der Waals surface area contributed by atoms with E-state index in [1.807, 2.05) is 0 Å². The van der Waals surface area contributed by atoms with Crippen molar-refractivity contribution in [1.29, 1.82) is 0 Å². The lowest BCUT2D eigenvalue weighted by Gasteiger charge is -2.00. The van der Waals surface area contributed by atoms with Crippen LogP contribution in [0.3, 0.4) is 0 Å². The van der Waals surface area contributed by atoms with Gasteiger partial charge in [0.2, 0.25) is 5.78 Å². The Bertz CT molecular complexity index is 1240. The van der Waals surface area contributed by atoms with E-state index in [-0.39, 0.29) is 29.9 Å². The third-order valence-electron chi connectivity index (χ3n) is 4.45. The number of aromatic nitrogens is 1. The lowest BCUT2D eigenvalue weighted by Crippen LogP contribution is -2.14. The standard InChI is InChI=1S/C21H17FN2O4S/c1-3-27-20(26)12-4-6-15-18(8-12)29-21(24-15)23-10-16(25)19-11(2)14-9-13(22)5-7-17(14)28-19/h4-9H,3,10H2,1-2H3,(H,23,24). The van der Waals surface area contributed by atoms with Gasteiger partial charge in [0.15, 0.2) is 10.9 Å². The first-order valence-electron chi connectivity index (χ1n) is 8.99. The normalized spacial score (nSPS) is 11.1. The summed E-state index contributed by atoms with van der Waals surface area (Å²) in [5.41, 5.74) is 2.25. The van der Waals surface area contributed by atoms with Crippen LogP contribution in [0.2, 0.25) is 0 Å². The fraction of sp³-hybridized carbons (Fsp3) is 0.190. The molecule has 2 aromatic carbocycles. The molecular weight excluding hydrogens is 395 g/mol. The predicted octanol–water partition coefficient (Wildman–Crippen LogP) is 4.96. The van der Waals surface area contributed by atoms with E-state index < -0.39 is 0 Å². The SMILES string of the molecule is CCOC(=O)c1ccc2nc(NCC(=O)c3oc4ccc(F)cc4c3C)sc2c1. The number of aryl methyl sites for hydroxylation is 1. The van der Waals surface area contributed by atoms with Crippen LogP contribution in [0.25, 0.3) is 21.2 Å². The Morgan fingerprint density at radius 2 is 2.07 bits per heavy atom. The van der Waals surface area contributed by atoms with Crippen LogP contribution in [-0.4, -0.2) is 29.9 Å². The van der Waals surface area contributed by atoms with Gasteiger partial charge in [-0.15, -0.1) is 0 Å². The molecule has 4 aromatic rings. The van der Waals surface area contributed by atoms with Gasteiger partial charge in [0.1, 0.15) is 11.4 Å². The maximum absolute atomic E-state index is 13.4.